The molecule has 2 aromatic rings. The van der Waals surface area contributed by atoms with Crippen LogP contribution in [0.1, 0.15) is 25.5 Å². The number of rotatable bonds is 5. The highest BCUT2D eigenvalue weighted by atomic mass is 15.3. The number of hydrogen-bond donors (Lipinski definition) is 1. The molecule has 5 nitrogen and oxygen atoms in total. The van der Waals surface area contributed by atoms with Crippen molar-refractivity contribution in [3.05, 3.63) is 30.2 Å². The maximum Gasteiger partial charge on any atom is 0.148 e. The van der Waals surface area contributed by atoms with Crippen molar-refractivity contribution in [1.82, 2.24) is 19.6 Å². The SMILES string of the molecule is CC(C)n1ccc(NCCc2cnn(C)c2)n1. The van der Waals surface area contributed by atoms with Crippen LogP contribution >= 0.6 is 0 Å². The fourth-order valence-electron chi connectivity index (χ4n) is 1.66. The number of nitrogens with one attached hydrogen (secondary N) is 1. The fraction of sp³-hybridized carbons (Fsp3) is 0.500. The molecule has 17 heavy (non-hydrogen) atoms. The third-order valence-corrected chi connectivity index (χ3v) is 2.62. The van der Waals surface area contributed by atoms with Crippen molar-refractivity contribution in [2.75, 3.05) is 11.9 Å². The van der Waals surface area contributed by atoms with Gasteiger partial charge in [-0.2, -0.15) is 10.2 Å². The van der Waals surface area contributed by atoms with Crippen LogP contribution in [0.25, 0.3) is 0 Å². The second-order valence-corrected chi connectivity index (χ2v) is 4.47. The predicted octanol–water partition coefficient (Wildman–Crippen LogP) is 1.85. The summed E-state index contributed by atoms with van der Waals surface area (Å²) in [5.41, 5.74) is 1.24. The molecule has 5 heteroatoms. The Labute approximate surface area is 101 Å². The van der Waals surface area contributed by atoms with Gasteiger partial charge >= 0.3 is 0 Å². The smallest absolute Gasteiger partial charge is 0.148 e. The first-order chi connectivity index (χ1) is 8.15. The summed E-state index contributed by atoms with van der Waals surface area (Å²) < 4.78 is 3.77. The number of anilines is 1. The van der Waals surface area contributed by atoms with Gasteiger partial charge in [0.1, 0.15) is 5.82 Å². The van der Waals surface area contributed by atoms with Gasteiger partial charge in [0.2, 0.25) is 0 Å². The van der Waals surface area contributed by atoms with Gasteiger partial charge in [-0.3, -0.25) is 9.36 Å². The van der Waals surface area contributed by atoms with E-state index in [4.69, 9.17) is 0 Å². The Kier molecular flexibility index (Phi) is 3.46. The Morgan fingerprint density at radius 1 is 1.41 bits per heavy atom. The van der Waals surface area contributed by atoms with Gasteiger partial charge in [-0.1, -0.05) is 0 Å². The normalized spacial score (nSPS) is 11.1. The highest BCUT2D eigenvalue weighted by Crippen LogP contribution is 2.08. The van der Waals surface area contributed by atoms with Crippen molar-refractivity contribution in [3.8, 4) is 0 Å². The summed E-state index contributed by atoms with van der Waals surface area (Å²) in [6, 6.07) is 2.41. The van der Waals surface area contributed by atoms with Crippen LogP contribution in [0.2, 0.25) is 0 Å². The molecule has 92 valence electrons. The molecule has 0 atom stereocenters. The predicted molar refractivity (Wildman–Crippen MR) is 68.0 cm³/mol. The van der Waals surface area contributed by atoms with Crippen LogP contribution in [0.4, 0.5) is 5.82 Å². The van der Waals surface area contributed by atoms with E-state index in [0.29, 0.717) is 6.04 Å². The largest absolute Gasteiger partial charge is 0.368 e. The molecule has 0 saturated carbocycles. The van der Waals surface area contributed by atoms with Gasteiger partial charge in [-0.25, -0.2) is 0 Å². The monoisotopic (exact) mass is 233 g/mol. The average molecular weight is 233 g/mol. The van der Waals surface area contributed by atoms with Crippen LogP contribution < -0.4 is 5.32 Å². The maximum atomic E-state index is 4.43. The van der Waals surface area contributed by atoms with Crippen LogP contribution in [0, 0.1) is 0 Å². The summed E-state index contributed by atoms with van der Waals surface area (Å²) in [7, 11) is 1.93. The van der Waals surface area contributed by atoms with E-state index in [1.165, 1.54) is 5.56 Å². The van der Waals surface area contributed by atoms with Gasteiger partial charge in [0.05, 0.1) is 6.20 Å². The van der Waals surface area contributed by atoms with Crippen LogP contribution in [-0.4, -0.2) is 26.1 Å². The first-order valence-electron chi connectivity index (χ1n) is 5.91. The van der Waals surface area contributed by atoms with E-state index in [1.807, 2.05) is 41.1 Å². The lowest BCUT2D eigenvalue weighted by Gasteiger charge is -2.04. The molecule has 0 amide bonds. The Morgan fingerprint density at radius 3 is 2.82 bits per heavy atom. The quantitative estimate of drug-likeness (QED) is 0.857. The van der Waals surface area contributed by atoms with Gasteiger partial charge < -0.3 is 5.32 Å². The zero-order chi connectivity index (χ0) is 12.3. The van der Waals surface area contributed by atoms with Crippen LogP contribution in [0.3, 0.4) is 0 Å². The second-order valence-electron chi connectivity index (χ2n) is 4.47. The minimum absolute atomic E-state index is 0.406. The Hall–Kier alpha value is -1.78. The molecule has 0 spiro atoms. The third kappa shape index (κ3) is 3.09. The molecular formula is C12H19N5. The summed E-state index contributed by atoms with van der Waals surface area (Å²) in [4.78, 5) is 0. The van der Waals surface area contributed by atoms with E-state index < -0.39 is 0 Å². The first kappa shape index (κ1) is 11.7. The number of hydrogen-bond acceptors (Lipinski definition) is 3. The van der Waals surface area contributed by atoms with Gasteiger partial charge in [-0.15, -0.1) is 0 Å². The minimum atomic E-state index is 0.406. The zero-order valence-electron chi connectivity index (χ0n) is 10.6. The highest BCUT2D eigenvalue weighted by molar-refractivity contribution is 5.32. The summed E-state index contributed by atoms with van der Waals surface area (Å²) in [6.07, 6.45) is 6.89. The summed E-state index contributed by atoms with van der Waals surface area (Å²) >= 11 is 0. The molecule has 2 rings (SSSR count). The highest BCUT2D eigenvalue weighted by Gasteiger charge is 2.01. The van der Waals surface area contributed by atoms with Gasteiger partial charge in [0.25, 0.3) is 0 Å². The number of nitrogens with zero attached hydrogens (tertiary/aromatic N) is 4. The van der Waals surface area contributed by atoms with Crippen molar-refractivity contribution in [2.45, 2.75) is 26.3 Å². The average Bonchev–Trinajstić information content (AvgIpc) is 2.88. The molecule has 2 aromatic heterocycles. The molecule has 0 aliphatic heterocycles. The Bertz CT molecular complexity index is 469. The lowest BCUT2D eigenvalue weighted by molar-refractivity contribution is 0.534. The van der Waals surface area contributed by atoms with Crippen molar-refractivity contribution in [1.29, 1.82) is 0 Å². The van der Waals surface area contributed by atoms with E-state index in [-0.39, 0.29) is 0 Å². The Balaban J connectivity index is 1.81. The molecule has 0 bridgehead atoms. The summed E-state index contributed by atoms with van der Waals surface area (Å²) in [5.74, 6) is 0.933. The summed E-state index contributed by atoms with van der Waals surface area (Å²) in [6.45, 7) is 5.11. The van der Waals surface area contributed by atoms with Crippen molar-refractivity contribution < 1.29 is 0 Å². The molecule has 0 aliphatic carbocycles. The molecule has 0 saturated heterocycles. The van der Waals surface area contributed by atoms with Crippen molar-refractivity contribution in [2.24, 2.45) is 7.05 Å². The molecule has 0 unspecified atom stereocenters. The standard InChI is InChI=1S/C12H19N5/c1-10(2)17-7-5-12(15-17)13-6-4-11-8-14-16(3)9-11/h5,7-10H,4,6H2,1-3H3,(H,13,15). The van der Waals surface area contributed by atoms with Crippen LogP contribution in [0.15, 0.2) is 24.7 Å². The molecule has 1 N–H and O–H groups in total. The van der Waals surface area contributed by atoms with Gasteiger partial charge in [0.15, 0.2) is 0 Å². The zero-order valence-corrected chi connectivity index (χ0v) is 10.6. The topological polar surface area (TPSA) is 47.7 Å². The minimum Gasteiger partial charge on any atom is -0.368 e. The fourth-order valence-corrected chi connectivity index (χ4v) is 1.66. The molecule has 0 radical (unpaired) electrons. The number of aryl methyl sites for hydroxylation is 1. The van der Waals surface area contributed by atoms with Crippen molar-refractivity contribution >= 4 is 5.82 Å². The van der Waals surface area contributed by atoms with E-state index in [2.05, 4.69) is 29.4 Å². The van der Waals surface area contributed by atoms with Gasteiger partial charge in [-0.05, 0) is 25.8 Å². The molecular weight excluding hydrogens is 214 g/mol. The summed E-state index contributed by atoms with van der Waals surface area (Å²) in [5, 5.41) is 11.9. The second kappa shape index (κ2) is 5.03. The van der Waals surface area contributed by atoms with E-state index in [1.54, 1.807) is 0 Å². The van der Waals surface area contributed by atoms with E-state index in [0.717, 1.165) is 18.8 Å². The third-order valence-electron chi connectivity index (χ3n) is 2.62. The van der Waals surface area contributed by atoms with E-state index in [9.17, 15) is 0 Å². The molecule has 2 heterocycles. The Morgan fingerprint density at radius 2 is 2.24 bits per heavy atom. The number of aromatic nitrogens is 4. The van der Waals surface area contributed by atoms with E-state index >= 15 is 0 Å². The van der Waals surface area contributed by atoms with Crippen LogP contribution in [-0.2, 0) is 13.5 Å². The molecule has 0 fully saturated rings. The van der Waals surface area contributed by atoms with Crippen LogP contribution in [0.5, 0.6) is 0 Å². The maximum absolute atomic E-state index is 4.43. The first-order valence-corrected chi connectivity index (χ1v) is 5.91. The van der Waals surface area contributed by atoms with Crippen molar-refractivity contribution in [3.63, 3.8) is 0 Å². The lowest BCUT2D eigenvalue weighted by atomic mass is 10.2. The van der Waals surface area contributed by atoms with Gasteiger partial charge in [0, 0.05) is 38.1 Å². The molecule has 0 aliphatic rings. The lowest BCUT2D eigenvalue weighted by Crippen LogP contribution is -2.07. The molecule has 0 aromatic carbocycles.